The van der Waals surface area contributed by atoms with Crippen molar-refractivity contribution in [3.63, 3.8) is 0 Å². The summed E-state index contributed by atoms with van der Waals surface area (Å²) in [6.07, 6.45) is -2.24. The number of aliphatic hydroxyl groups excluding tert-OH is 1. The number of likely N-dealkylation sites (tertiary alicyclic amines) is 1. The number of nitrogens with one attached hydrogen (secondary N) is 1. The Balaban J connectivity index is 1.52. The van der Waals surface area contributed by atoms with Gasteiger partial charge in [0.2, 0.25) is 0 Å². The van der Waals surface area contributed by atoms with Crippen LogP contribution in [0.25, 0.3) is 0 Å². The summed E-state index contributed by atoms with van der Waals surface area (Å²) in [5.41, 5.74) is 5.71. The smallest absolute Gasteiger partial charge is 0.379 e. The van der Waals surface area contributed by atoms with Crippen molar-refractivity contribution in [2.24, 2.45) is 11.7 Å². The number of hydrogen-bond acceptors (Lipinski definition) is 6. The first-order chi connectivity index (χ1) is 15.7. The topological polar surface area (TPSA) is 120 Å². The lowest BCUT2D eigenvalue weighted by atomic mass is 9.81. The summed E-state index contributed by atoms with van der Waals surface area (Å²) in [4.78, 5) is 14.4. The molecule has 0 bridgehead atoms. The molecule has 2 heterocycles. The van der Waals surface area contributed by atoms with Crippen LogP contribution in [0.4, 0.5) is 24.7 Å². The average Bonchev–Trinajstić information content (AvgIpc) is 3.15. The molecule has 2 aromatic rings. The van der Waals surface area contributed by atoms with Gasteiger partial charge in [-0.05, 0) is 56.5 Å². The van der Waals surface area contributed by atoms with Crippen molar-refractivity contribution in [3.05, 3.63) is 41.6 Å². The third kappa shape index (κ3) is 4.82. The van der Waals surface area contributed by atoms with Gasteiger partial charge in [0.15, 0.2) is 11.9 Å². The lowest BCUT2D eigenvalue weighted by Gasteiger charge is -2.43. The molecule has 11 heteroatoms. The molecule has 4 atom stereocenters. The summed E-state index contributed by atoms with van der Waals surface area (Å²) < 4.78 is 39.7. The molecule has 1 aromatic heterocycles. The number of primary amides is 1. The predicted octanol–water partition coefficient (Wildman–Crippen LogP) is 3.26. The normalized spacial score (nSPS) is 24.5. The third-order valence-corrected chi connectivity index (χ3v) is 6.50. The highest BCUT2D eigenvalue weighted by Gasteiger charge is 2.39. The van der Waals surface area contributed by atoms with Crippen molar-refractivity contribution < 1.29 is 23.1 Å². The summed E-state index contributed by atoms with van der Waals surface area (Å²) in [7, 11) is 0. The van der Waals surface area contributed by atoms with Gasteiger partial charge >= 0.3 is 6.18 Å². The fraction of sp³-hybridized carbons (Fsp3) is 0.500. The van der Waals surface area contributed by atoms with E-state index in [0.29, 0.717) is 11.7 Å². The van der Waals surface area contributed by atoms with Gasteiger partial charge in [-0.3, -0.25) is 9.48 Å². The third-order valence-electron chi connectivity index (χ3n) is 6.50. The number of anilines is 2. The van der Waals surface area contributed by atoms with E-state index in [4.69, 9.17) is 5.73 Å². The van der Waals surface area contributed by atoms with E-state index in [1.165, 1.54) is 24.8 Å². The Kier molecular flexibility index (Phi) is 6.32. The Morgan fingerprint density at radius 2 is 1.97 bits per heavy atom. The molecule has 1 saturated heterocycles. The minimum Gasteiger partial charge on any atom is -0.379 e. The van der Waals surface area contributed by atoms with Crippen LogP contribution in [0.1, 0.15) is 53.8 Å². The van der Waals surface area contributed by atoms with Crippen LogP contribution in [0.15, 0.2) is 30.5 Å². The zero-order valence-electron chi connectivity index (χ0n) is 17.8. The van der Waals surface area contributed by atoms with Gasteiger partial charge in [-0.2, -0.15) is 23.5 Å². The molecule has 33 heavy (non-hydrogen) atoms. The lowest BCUT2D eigenvalue weighted by molar-refractivity contribution is -0.206. The van der Waals surface area contributed by atoms with Gasteiger partial charge < -0.3 is 21.1 Å². The van der Waals surface area contributed by atoms with E-state index in [9.17, 15) is 28.3 Å². The molecule has 1 aliphatic heterocycles. The van der Waals surface area contributed by atoms with Gasteiger partial charge in [0.05, 0.1) is 18.0 Å². The number of carbonyl (C=O) groups excluding carboxylic acids is 1. The van der Waals surface area contributed by atoms with Crippen molar-refractivity contribution in [2.75, 3.05) is 18.4 Å². The molecule has 1 aromatic carbocycles. The summed E-state index contributed by atoms with van der Waals surface area (Å²) in [5.74, 6) is -0.815. The molecular formula is C22H25F3N6O2. The number of halogens is 3. The lowest BCUT2D eigenvalue weighted by Crippen LogP contribution is -2.48. The van der Waals surface area contributed by atoms with E-state index in [0.717, 1.165) is 44.5 Å². The van der Waals surface area contributed by atoms with Crippen LogP contribution in [-0.2, 0) is 0 Å². The van der Waals surface area contributed by atoms with Crippen LogP contribution in [-0.4, -0.2) is 51.0 Å². The second-order valence-corrected chi connectivity index (χ2v) is 8.59. The molecule has 0 spiro atoms. The van der Waals surface area contributed by atoms with Crippen molar-refractivity contribution in [1.29, 1.82) is 5.26 Å². The SMILES string of the molecule is N#C[C@H]1C[C@@H](N2CCC2)CC[C@@H]1n1cc(C(N)=O)c(Nc2ccc([C@@H](O)C(F)(F)F)cc2)n1. The summed E-state index contributed by atoms with van der Waals surface area (Å²) in [6, 6.07) is 7.55. The Morgan fingerprint density at radius 1 is 1.27 bits per heavy atom. The number of alkyl halides is 3. The van der Waals surface area contributed by atoms with Crippen LogP contribution in [0.5, 0.6) is 0 Å². The number of hydrogen-bond donors (Lipinski definition) is 3. The largest absolute Gasteiger partial charge is 0.418 e. The van der Waals surface area contributed by atoms with Gasteiger partial charge in [0.25, 0.3) is 5.91 Å². The van der Waals surface area contributed by atoms with E-state index in [-0.39, 0.29) is 28.9 Å². The van der Waals surface area contributed by atoms with Crippen molar-refractivity contribution >= 4 is 17.4 Å². The monoisotopic (exact) mass is 462 g/mol. The highest BCUT2D eigenvalue weighted by atomic mass is 19.4. The average molecular weight is 462 g/mol. The highest BCUT2D eigenvalue weighted by Crippen LogP contribution is 2.38. The molecule has 1 amide bonds. The quantitative estimate of drug-likeness (QED) is 0.606. The maximum atomic E-state index is 12.7. The molecule has 4 rings (SSSR count). The van der Waals surface area contributed by atoms with E-state index >= 15 is 0 Å². The van der Waals surface area contributed by atoms with Crippen molar-refractivity contribution in [2.45, 2.75) is 50.0 Å². The zero-order chi connectivity index (χ0) is 23.8. The first-order valence-corrected chi connectivity index (χ1v) is 10.8. The molecule has 2 aliphatic rings. The molecule has 176 valence electrons. The van der Waals surface area contributed by atoms with Crippen molar-refractivity contribution in [3.8, 4) is 6.07 Å². The number of amides is 1. The second kappa shape index (κ2) is 9.03. The van der Waals surface area contributed by atoms with Gasteiger partial charge in [-0.25, -0.2) is 0 Å². The van der Waals surface area contributed by atoms with Crippen LogP contribution >= 0.6 is 0 Å². The minimum atomic E-state index is -4.77. The number of nitriles is 1. The Morgan fingerprint density at radius 3 is 2.52 bits per heavy atom. The van der Waals surface area contributed by atoms with E-state index in [2.05, 4.69) is 21.4 Å². The molecule has 0 radical (unpaired) electrons. The van der Waals surface area contributed by atoms with Gasteiger partial charge in [-0.1, -0.05) is 12.1 Å². The van der Waals surface area contributed by atoms with Gasteiger partial charge in [0, 0.05) is 17.9 Å². The molecule has 2 fully saturated rings. The molecule has 1 aliphatic carbocycles. The maximum Gasteiger partial charge on any atom is 0.418 e. The van der Waals surface area contributed by atoms with Crippen LogP contribution in [0.3, 0.4) is 0 Å². The molecular weight excluding hydrogens is 437 g/mol. The van der Waals surface area contributed by atoms with Crippen LogP contribution in [0.2, 0.25) is 0 Å². The highest BCUT2D eigenvalue weighted by molar-refractivity contribution is 5.98. The van der Waals surface area contributed by atoms with E-state index in [1.807, 2.05) is 0 Å². The fourth-order valence-electron chi connectivity index (χ4n) is 4.53. The number of rotatable bonds is 6. The summed E-state index contributed by atoms with van der Waals surface area (Å²) in [5, 5.41) is 26.5. The van der Waals surface area contributed by atoms with Gasteiger partial charge in [0.1, 0.15) is 5.56 Å². The summed E-state index contributed by atoms with van der Waals surface area (Å²) in [6.45, 7) is 2.13. The summed E-state index contributed by atoms with van der Waals surface area (Å²) >= 11 is 0. The minimum absolute atomic E-state index is 0.121. The Labute approximate surface area is 188 Å². The first kappa shape index (κ1) is 23.1. The first-order valence-electron chi connectivity index (χ1n) is 10.8. The molecule has 0 unspecified atom stereocenters. The zero-order valence-corrected chi connectivity index (χ0v) is 17.8. The molecule has 1 saturated carbocycles. The standard InChI is InChI=1S/C22H25F3N6O2/c23-22(24,25)19(32)13-2-4-15(5-3-13)28-21-17(20(27)33)12-31(29-21)18-7-6-16(10-14(18)11-26)30-8-1-9-30/h2-5,12,14,16,18-19,32H,1,6-10H2,(H2,27,33)(H,28,29)/t14-,16+,18+,19-/m1/s1. The fourth-order valence-corrected chi connectivity index (χ4v) is 4.53. The number of nitrogens with two attached hydrogens (primary N) is 1. The number of aliphatic hydroxyl groups is 1. The predicted molar refractivity (Wildman–Crippen MR) is 113 cm³/mol. The Bertz CT molecular complexity index is 1040. The van der Waals surface area contributed by atoms with E-state index < -0.39 is 18.2 Å². The second-order valence-electron chi connectivity index (χ2n) is 8.59. The number of benzene rings is 1. The van der Waals surface area contributed by atoms with Crippen LogP contribution < -0.4 is 11.1 Å². The van der Waals surface area contributed by atoms with Crippen LogP contribution in [0, 0.1) is 17.2 Å². The maximum absolute atomic E-state index is 12.7. The Hall–Kier alpha value is -3.10. The van der Waals surface area contributed by atoms with E-state index in [1.54, 1.807) is 4.68 Å². The van der Waals surface area contributed by atoms with Crippen molar-refractivity contribution in [1.82, 2.24) is 14.7 Å². The molecule has 4 N–H and O–H groups in total. The number of nitrogens with zero attached hydrogens (tertiary/aromatic N) is 4. The van der Waals surface area contributed by atoms with Gasteiger partial charge in [-0.15, -0.1) is 0 Å². The molecule has 8 nitrogen and oxygen atoms in total. The number of aromatic nitrogens is 2. The number of carbonyl (C=O) groups is 1.